The highest BCUT2D eigenvalue weighted by Gasteiger charge is 2.24. The van der Waals surface area contributed by atoms with E-state index in [0.717, 1.165) is 0 Å². The minimum Gasteiger partial charge on any atom is -0.309 e. The molecule has 7 rings (SSSR count). The average molecular weight is 408 g/mol. The van der Waals surface area contributed by atoms with Crippen molar-refractivity contribution in [2.45, 2.75) is 5.92 Å². The third-order valence-electron chi connectivity index (χ3n) is 6.85. The van der Waals surface area contributed by atoms with E-state index in [1.165, 1.54) is 55.0 Å². The maximum Gasteiger partial charge on any atom is 0.0582 e. The fourth-order valence-electron chi connectivity index (χ4n) is 5.51. The van der Waals surface area contributed by atoms with Gasteiger partial charge in [0, 0.05) is 22.4 Å². The molecule has 1 atom stereocenters. The van der Waals surface area contributed by atoms with Crippen LogP contribution in [0, 0.1) is 0 Å². The van der Waals surface area contributed by atoms with Crippen molar-refractivity contribution in [3.05, 3.63) is 132 Å². The number of hydrogen-bond acceptors (Lipinski definition) is 0. The van der Waals surface area contributed by atoms with Crippen LogP contribution >= 0.6 is 0 Å². The molecule has 0 saturated heterocycles. The summed E-state index contributed by atoms with van der Waals surface area (Å²) >= 11 is 0. The Kier molecular flexibility index (Phi) is 3.68. The monoisotopic (exact) mass is 407 g/mol. The Balaban J connectivity index is 1.60. The first-order valence-corrected chi connectivity index (χ1v) is 11.2. The predicted octanol–water partition coefficient (Wildman–Crippen LogP) is 8.10. The summed E-state index contributed by atoms with van der Waals surface area (Å²) in [6, 6.07) is 39.6. The van der Waals surface area contributed by atoms with Crippen LogP contribution in [0.25, 0.3) is 44.3 Å². The summed E-state index contributed by atoms with van der Waals surface area (Å²) in [5, 5.41) is 5.29. The van der Waals surface area contributed by atoms with E-state index in [2.05, 4.69) is 126 Å². The van der Waals surface area contributed by atoms with Crippen molar-refractivity contribution in [3.63, 3.8) is 0 Å². The van der Waals surface area contributed by atoms with Crippen LogP contribution in [-0.4, -0.2) is 4.57 Å². The zero-order valence-corrected chi connectivity index (χ0v) is 17.6. The van der Waals surface area contributed by atoms with Crippen LogP contribution in [0.15, 0.2) is 115 Å². The van der Waals surface area contributed by atoms with Crippen molar-refractivity contribution in [3.8, 4) is 5.69 Å². The molecule has 1 heteroatoms. The third-order valence-corrected chi connectivity index (χ3v) is 6.85. The highest BCUT2D eigenvalue weighted by Crippen LogP contribution is 2.43. The lowest BCUT2D eigenvalue weighted by Crippen LogP contribution is -2.06. The summed E-state index contributed by atoms with van der Waals surface area (Å²) < 4.78 is 2.44. The summed E-state index contributed by atoms with van der Waals surface area (Å²) in [5.74, 6) is 0.212. The molecule has 0 radical (unpaired) electrons. The van der Waals surface area contributed by atoms with Gasteiger partial charge < -0.3 is 4.57 Å². The Morgan fingerprint density at radius 2 is 1.28 bits per heavy atom. The van der Waals surface area contributed by atoms with E-state index in [4.69, 9.17) is 0 Å². The second-order valence-corrected chi connectivity index (χ2v) is 8.56. The Morgan fingerprint density at radius 1 is 0.562 bits per heavy atom. The molecule has 0 spiro atoms. The fraction of sp³-hybridized carbons (Fsp3) is 0.0323. The number of rotatable bonds is 2. The number of aromatic nitrogens is 1. The third kappa shape index (κ3) is 2.39. The SMILES string of the molecule is C1=CC(c2cccc3c4ccccc4n(-c4ccccc4)c23)c2cccc3cccc1c23. The quantitative estimate of drug-likeness (QED) is 0.273. The molecule has 32 heavy (non-hydrogen) atoms. The van der Waals surface area contributed by atoms with Crippen molar-refractivity contribution < 1.29 is 0 Å². The van der Waals surface area contributed by atoms with Crippen LogP contribution in [0.1, 0.15) is 22.6 Å². The Morgan fingerprint density at radius 3 is 2.19 bits per heavy atom. The molecule has 1 heterocycles. The molecule has 150 valence electrons. The number of hydrogen-bond donors (Lipinski definition) is 0. The molecular weight excluding hydrogens is 386 g/mol. The predicted molar refractivity (Wildman–Crippen MR) is 136 cm³/mol. The lowest BCUT2D eigenvalue weighted by Gasteiger charge is -2.23. The standard InChI is InChI=1S/C31H21N/c1-2-12-23(13-3-1)32-29-18-5-4-14-25(29)28-17-8-16-27(31(28)32)24-20-19-22-10-6-9-21-11-7-15-26(24)30(21)22/h1-20,24H. The lowest BCUT2D eigenvalue weighted by molar-refractivity contribution is 1.03. The minimum absolute atomic E-state index is 0.212. The van der Waals surface area contributed by atoms with Gasteiger partial charge in [0.2, 0.25) is 0 Å². The van der Waals surface area contributed by atoms with Crippen molar-refractivity contribution in [1.29, 1.82) is 0 Å². The molecule has 6 aromatic rings. The molecule has 0 amide bonds. The zero-order chi connectivity index (χ0) is 21.1. The van der Waals surface area contributed by atoms with Crippen molar-refractivity contribution >= 4 is 38.7 Å². The lowest BCUT2D eigenvalue weighted by atomic mass is 9.81. The molecule has 0 aliphatic heterocycles. The highest BCUT2D eigenvalue weighted by molar-refractivity contribution is 6.11. The van der Waals surface area contributed by atoms with Gasteiger partial charge in [0.15, 0.2) is 0 Å². The van der Waals surface area contributed by atoms with Crippen LogP contribution in [-0.2, 0) is 0 Å². The summed E-state index contributed by atoms with van der Waals surface area (Å²) in [6.07, 6.45) is 4.67. The van der Waals surface area contributed by atoms with E-state index in [-0.39, 0.29) is 5.92 Å². The summed E-state index contributed by atoms with van der Waals surface area (Å²) in [4.78, 5) is 0. The molecule has 0 saturated carbocycles. The zero-order valence-electron chi connectivity index (χ0n) is 17.6. The Bertz CT molecular complexity index is 1660. The van der Waals surface area contributed by atoms with Gasteiger partial charge in [0.25, 0.3) is 0 Å². The van der Waals surface area contributed by atoms with Crippen molar-refractivity contribution in [2.24, 2.45) is 0 Å². The maximum absolute atomic E-state index is 2.44. The average Bonchev–Trinajstić information content (AvgIpc) is 3.20. The van der Waals surface area contributed by atoms with Crippen LogP contribution in [0.3, 0.4) is 0 Å². The Hall–Kier alpha value is -4.10. The van der Waals surface area contributed by atoms with Gasteiger partial charge in [-0.1, -0.05) is 103 Å². The van der Waals surface area contributed by atoms with Crippen molar-refractivity contribution in [2.75, 3.05) is 0 Å². The number of allylic oxidation sites excluding steroid dienone is 1. The molecule has 1 unspecified atom stereocenters. The minimum atomic E-state index is 0.212. The largest absolute Gasteiger partial charge is 0.309 e. The number of nitrogens with zero attached hydrogens (tertiary/aromatic N) is 1. The molecule has 1 aliphatic rings. The first-order valence-electron chi connectivity index (χ1n) is 11.2. The van der Waals surface area contributed by atoms with E-state index >= 15 is 0 Å². The van der Waals surface area contributed by atoms with Gasteiger partial charge >= 0.3 is 0 Å². The van der Waals surface area contributed by atoms with Gasteiger partial charge in [-0.3, -0.25) is 0 Å². The summed E-state index contributed by atoms with van der Waals surface area (Å²) in [6.45, 7) is 0. The van der Waals surface area contributed by atoms with Gasteiger partial charge in [0.1, 0.15) is 0 Å². The van der Waals surface area contributed by atoms with E-state index in [0.29, 0.717) is 0 Å². The van der Waals surface area contributed by atoms with E-state index in [1.807, 2.05) is 0 Å². The highest BCUT2D eigenvalue weighted by atomic mass is 15.0. The normalized spacial score (nSPS) is 15.1. The van der Waals surface area contributed by atoms with Gasteiger partial charge in [-0.25, -0.2) is 0 Å². The van der Waals surface area contributed by atoms with Gasteiger partial charge in [-0.2, -0.15) is 0 Å². The van der Waals surface area contributed by atoms with Crippen LogP contribution in [0.2, 0.25) is 0 Å². The molecule has 1 aliphatic carbocycles. The molecule has 0 fully saturated rings. The molecule has 0 N–H and O–H groups in total. The first-order chi connectivity index (χ1) is 15.9. The summed E-state index contributed by atoms with van der Waals surface area (Å²) in [5.41, 5.74) is 7.79. The number of para-hydroxylation sites is 3. The molecule has 5 aromatic carbocycles. The molecular formula is C31H21N. The second-order valence-electron chi connectivity index (χ2n) is 8.56. The van der Waals surface area contributed by atoms with Crippen LogP contribution in [0.4, 0.5) is 0 Å². The first kappa shape index (κ1) is 17.6. The molecule has 1 aromatic heterocycles. The topological polar surface area (TPSA) is 4.93 Å². The van der Waals surface area contributed by atoms with Gasteiger partial charge in [-0.15, -0.1) is 0 Å². The van der Waals surface area contributed by atoms with Crippen molar-refractivity contribution in [1.82, 2.24) is 4.57 Å². The van der Waals surface area contributed by atoms with Gasteiger partial charge in [0.05, 0.1) is 11.0 Å². The Labute approximate surface area is 186 Å². The maximum atomic E-state index is 2.44. The molecule has 0 bridgehead atoms. The number of fused-ring (bicyclic) bond motifs is 3. The van der Waals surface area contributed by atoms with Crippen LogP contribution < -0.4 is 0 Å². The second kappa shape index (κ2) is 6.70. The van der Waals surface area contributed by atoms with Crippen LogP contribution in [0.5, 0.6) is 0 Å². The van der Waals surface area contributed by atoms with Gasteiger partial charge in [-0.05, 0) is 45.7 Å². The van der Waals surface area contributed by atoms with E-state index in [1.54, 1.807) is 0 Å². The summed E-state index contributed by atoms with van der Waals surface area (Å²) in [7, 11) is 0. The smallest absolute Gasteiger partial charge is 0.0582 e. The molecule has 1 nitrogen and oxygen atoms in total. The van der Waals surface area contributed by atoms with E-state index < -0.39 is 0 Å². The number of benzene rings is 5. The van der Waals surface area contributed by atoms with E-state index in [9.17, 15) is 0 Å². The fourth-order valence-corrected chi connectivity index (χ4v) is 5.51.